The molecule has 2 aromatic carbocycles. The molecule has 1 amide bonds. The lowest BCUT2D eigenvalue weighted by atomic mass is 10.2. The van der Waals surface area contributed by atoms with Crippen LogP contribution in [0.5, 0.6) is 5.75 Å². The molecule has 0 saturated carbocycles. The van der Waals surface area contributed by atoms with Gasteiger partial charge in [-0.3, -0.25) is 9.78 Å². The predicted molar refractivity (Wildman–Crippen MR) is 120 cm³/mol. The van der Waals surface area contributed by atoms with Crippen LogP contribution in [0.3, 0.4) is 0 Å². The first-order valence-electron chi connectivity index (χ1n) is 8.15. The van der Waals surface area contributed by atoms with Crippen molar-refractivity contribution in [1.29, 1.82) is 0 Å². The topological polar surface area (TPSA) is 80.6 Å². The van der Waals surface area contributed by atoms with E-state index in [-0.39, 0.29) is 5.75 Å². The van der Waals surface area contributed by atoms with E-state index in [9.17, 15) is 9.59 Å². The van der Waals surface area contributed by atoms with E-state index in [0.717, 1.165) is 4.47 Å². The second-order valence-corrected chi connectivity index (χ2v) is 8.24. The molecule has 6 nitrogen and oxygen atoms in total. The number of hydrogen-bond donors (Lipinski definition) is 1. The molecule has 0 aliphatic heterocycles. The molecule has 0 aliphatic rings. The highest BCUT2D eigenvalue weighted by Gasteiger charge is 2.17. The van der Waals surface area contributed by atoms with Crippen molar-refractivity contribution in [2.75, 3.05) is 0 Å². The van der Waals surface area contributed by atoms with Gasteiger partial charge in [0.05, 0.1) is 21.8 Å². The zero-order chi connectivity index (χ0) is 20.8. The quantitative estimate of drug-likeness (QED) is 0.191. The molecule has 1 heterocycles. The van der Waals surface area contributed by atoms with Crippen LogP contribution in [0.15, 0.2) is 79.4 Å². The van der Waals surface area contributed by atoms with Gasteiger partial charge >= 0.3 is 5.97 Å². The number of nitrogens with one attached hydrogen (secondary N) is 1. The Kier molecular flexibility index (Phi) is 7.29. The summed E-state index contributed by atoms with van der Waals surface area (Å²) in [7, 11) is 0. The maximum atomic E-state index is 12.6. The molecule has 0 radical (unpaired) electrons. The molecule has 1 N–H and O–H groups in total. The summed E-state index contributed by atoms with van der Waals surface area (Å²) in [5.74, 6) is -0.668. The van der Waals surface area contributed by atoms with Crippen LogP contribution in [0.4, 0.5) is 0 Å². The molecule has 29 heavy (non-hydrogen) atoms. The molecule has 0 unspecified atom stereocenters. The summed E-state index contributed by atoms with van der Waals surface area (Å²) in [4.78, 5) is 28.6. The standard InChI is InChI=1S/C20H12Br3N3O3/c21-14-8-13(11-25-26-19(27)12-4-3-7-24-10-12)18(17(23)9-14)29-20(28)15-5-1-2-6-16(15)22/h1-11H,(H,26,27)/b25-11-. The zero-order valence-corrected chi connectivity index (χ0v) is 19.4. The normalized spacial score (nSPS) is 10.7. The summed E-state index contributed by atoms with van der Waals surface area (Å²) in [5.41, 5.74) is 3.66. The fraction of sp³-hybridized carbons (Fsp3) is 0. The van der Waals surface area contributed by atoms with Crippen molar-refractivity contribution in [2.45, 2.75) is 0 Å². The lowest BCUT2D eigenvalue weighted by Crippen LogP contribution is -2.18. The number of hydrogen-bond acceptors (Lipinski definition) is 5. The van der Waals surface area contributed by atoms with Gasteiger partial charge in [-0.15, -0.1) is 0 Å². The van der Waals surface area contributed by atoms with E-state index in [2.05, 4.69) is 63.3 Å². The first kappa shape index (κ1) is 21.4. The molecular formula is C20H12Br3N3O3. The molecule has 0 bridgehead atoms. The molecule has 0 spiro atoms. The monoisotopic (exact) mass is 579 g/mol. The number of halogens is 3. The number of nitrogens with zero attached hydrogens (tertiary/aromatic N) is 2. The van der Waals surface area contributed by atoms with E-state index in [1.807, 2.05) is 0 Å². The number of aromatic nitrogens is 1. The summed E-state index contributed by atoms with van der Waals surface area (Å²) in [6.45, 7) is 0. The van der Waals surface area contributed by atoms with E-state index >= 15 is 0 Å². The van der Waals surface area contributed by atoms with Gasteiger partial charge in [0.25, 0.3) is 5.91 Å². The Hall–Kier alpha value is -2.36. The SMILES string of the molecule is O=C(N/N=C\c1cc(Br)cc(Br)c1OC(=O)c1ccccc1Br)c1cccnc1. The molecule has 9 heteroatoms. The van der Waals surface area contributed by atoms with Crippen LogP contribution in [0.25, 0.3) is 0 Å². The number of ether oxygens (including phenoxy) is 1. The fourth-order valence-corrected chi connectivity index (χ4v) is 4.07. The predicted octanol–water partition coefficient (Wildman–Crippen LogP) is 5.35. The molecule has 3 rings (SSSR count). The van der Waals surface area contributed by atoms with Gasteiger partial charge in [-0.1, -0.05) is 28.1 Å². The molecule has 146 valence electrons. The van der Waals surface area contributed by atoms with E-state index in [1.165, 1.54) is 12.4 Å². The Morgan fingerprint density at radius 1 is 1.03 bits per heavy atom. The Morgan fingerprint density at radius 2 is 1.83 bits per heavy atom. The number of rotatable bonds is 5. The Bertz CT molecular complexity index is 1090. The third-order valence-corrected chi connectivity index (χ3v) is 5.36. The highest BCUT2D eigenvalue weighted by atomic mass is 79.9. The largest absolute Gasteiger partial charge is 0.421 e. The zero-order valence-electron chi connectivity index (χ0n) is 14.6. The Labute approximate surface area is 191 Å². The number of carbonyl (C=O) groups excluding carboxylic acids is 2. The van der Waals surface area contributed by atoms with Crippen molar-refractivity contribution in [3.05, 3.63) is 91.0 Å². The second kappa shape index (κ2) is 9.91. The molecule has 1 aromatic heterocycles. The van der Waals surface area contributed by atoms with Gasteiger partial charge in [-0.05, 0) is 68.3 Å². The number of esters is 1. The van der Waals surface area contributed by atoms with Crippen LogP contribution < -0.4 is 10.2 Å². The van der Waals surface area contributed by atoms with E-state index in [1.54, 1.807) is 54.7 Å². The van der Waals surface area contributed by atoms with E-state index in [4.69, 9.17) is 4.74 Å². The summed E-state index contributed by atoms with van der Waals surface area (Å²) in [6.07, 6.45) is 4.41. The first-order valence-corrected chi connectivity index (χ1v) is 10.5. The Balaban J connectivity index is 1.83. The van der Waals surface area contributed by atoms with Gasteiger partial charge < -0.3 is 4.74 Å². The number of benzene rings is 2. The van der Waals surface area contributed by atoms with Crippen molar-refractivity contribution >= 4 is 65.9 Å². The van der Waals surface area contributed by atoms with Gasteiger partial charge in [0, 0.05) is 26.9 Å². The number of carbonyl (C=O) groups is 2. The highest BCUT2D eigenvalue weighted by molar-refractivity contribution is 9.11. The van der Waals surface area contributed by atoms with Gasteiger partial charge in [0.1, 0.15) is 0 Å². The fourth-order valence-electron chi connectivity index (χ4n) is 2.28. The van der Waals surface area contributed by atoms with Crippen LogP contribution in [-0.4, -0.2) is 23.1 Å². The molecule has 0 saturated heterocycles. The molecule has 0 fully saturated rings. The number of hydrazone groups is 1. The van der Waals surface area contributed by atoms with Crippen LogP contribution in [-0.2, 0) is 0 Å². The summed E-state index contributed by atoms with van der Waals surface area (Å²) in [6, 6.07) is 13.7. The molecular weight excluding hydrogens is 570 g/mol. The average Bonchev–Trinajstić information content (AvgIpc) is 2.71. The number of pyridine rings is 1. The van der Waals surface area contributed by atoms with Crippen molar-refractivity contribution in [3.8, 4) is 5.75 Å². The minimum atomic E-state index is -0.533. The van der Waals surface area contributed by atoms with Crippen LogP contribution in [0, 0.1) is 0 Å². The third kappa shape index (κ3) is 5.59. The molecule has 0 atom stereocenters. The van der Waals surface area contributed by atoms with E-state index < -0.39 is 11.9 Å². The maximum Gasteiger partial charge on any atom is 0.344 e. The highest BCUT2D eigenvalue weighted by Crippen LogP contribution is 2.33. The lowest BCUT2D eigenvalue weighted by molar-refractivity contribution is 0.0732. The molecule has 0 aliphatic carbocycles. The third-order valence-electron chi connectivity index (χ3n) is 3.62. The van der Waals surface area contributed by atoms with Gasteiger partial charge in [-0.2, -0.15) is 5.10 Å². The van der Waals surface area contributed by atoms with Crippen molar-refractivity contribution in [3.63, 3.8) is 0 Å². The van der Waals surface area contributed by atoms with Gasteiger partial charge in [0.2, 0.25) is 0 Å². The summed E-state index contributed by atoms with van der Waals surface area (Å²) in [5, 5.41) is 3.96. The molecule has 3 aromatic rings. The van der Waals surface area contributed by atoms with Gasteiger partial charge in [-0.25, -0.2) is 10.2 Å². The first-order chi connectivity index (χ1) is 14.0. The van der Waals surface area contributed by atoms with Crippen molar-refractivity contribution in [1.82, 2.24) is 10.4 Å². The van der Waals surface area contributed by atoms with Gasteiger partial charge in [0.15, 0.2) is 5.75 Å². The van der Waals surface area contributed by atoms with Crippen LogP contribution in [0.1, 0.15) is 26.3 Å². The van der Waals surface area contributed by atoms with Crippen LogP contribution in [0.2, 0.25) is 0 Å². The lowest BCUT2D eigenvalue weighted by Gasteiger charge is -2.11. The summed E-state index contributed by atoms with van der Waals surface area (Å²) >= 11 is 10.1. The Morgan fingerprint density at radius 3 is 2.55 bits per heavy atom. The van der Waals surface area contributed by atoms with E-state index in [0.29, 0.717) is 25.6 Å². The minimum Gasteiger partial charge on any atom is -0.421 e. The summed E-state index contributed by atoms with van der Waals surface area (Å²) < 4.78 is 7.50. The maximum absolute atomic E-state index is 12.6. The number of amides is 1. The average molecular weight is 582 g/mol. The van der Waals surface area contributed by atoms with Crippen LogP contribution >= 0.6 is 47.8 Å². The van der Waals surface area contributed by atoms with Crippen molar-refractivity contribution in [2.24, 2.45) is 5.10 Å². The minimum absolute atomic E-state index is 0.272. The second-order valence-electron chi connectivity index (χ2n) is 5.62. The van der Waals surface area contributed by atoms with Crippen molar-refractivity contribution < 1.29 is 14.3 Å². The smallest absolute Gasteiger partial charge is 0.344 e.